The van der Waals surface area contributed by atoms with Crippen LogP contribution in [-0.4, -0.2) is 29.0 Å². The largest absolute Gasteiger partial charge is 0.370 e. The number of anilines is 1. The van der Waals surface area contributed by atoms with Gasteiger partial charge in [0, 0.05) is 29.9 Å². The zero-order valence-corrected chi connectivity index (χ0v) is 12.4. The summed E-state index contributed by atoms with van der Waals surface area (Å²) in [5.74, 6) is 0.973. The van der Waals surface area contributed by atoms with Gasteiger partial charge in [-0.25, -0.2) is 9.97 Å². The van der Waals surface area contributed by atoms with Crippen LogP contribution in [0.25, 0.3) is 10.9 Å². The lowest BCUT2D eigenvalue weighted by Crippen LogP contribution is -2.37. The predicted molar refractivity (Wildman–Crippen MR) is 83.3 cm³/mol. The van der Waals surface area contributed by atoms with Gasteiger partial charge in [-0.2, -0.15) is 0 Å². The Morgan fingerprint density at radius 1 is 1.43 bits per heavy atom. The highest BCUT2D eigenvalue weighted by Crippen LogP contribution is 2.29. The molecule has 21 heavy (non-hydrogen) atoms. The van der Waals surface area contributed by atoms with Crippen LogP contribution >= 0.6 is 11.6 Å². The van der Waals surface area contributed by atoms with Gasteiger partial charge in [0.15, 0.2) is 0 Å². The first-order valence-corrected chi connectivity index (χ1v) is 7.45. The van der Waals surface area contributed by atoms with Crippen molar-refractivity contribution in [2.45, 2.75) is 19.3 Å². The first kappa shape index (κ1) is 14.1. The maximum Gasteiger partial charge on any atom is 0.217 e. The molecule has 0 aliphatic carbocycles. The summed E-state index contributed by atoms with van der Waals surface area (Å²) in [5, 5.41) is 1.65. The van der Waals surface area contributed by atoms with Crippen LogP contribution in [0, 0.1) is 5.92 Å². The second kappa shape index (κ2) is 5.85. The van der Waals surface area contributed by atoms with E-state index in [0.29, 0.717) is 17.4 Å². The molecule has 1 aromatic heterocycles. The summed E-state index contributed by atoms with van der Waals surface area (Å²) in [6.07, 6.45) is 4.07. The molecule has 1 aliphatic rings. The van der Waals surface area contributed by atoms with E-state index in [1.54, 1.807) is 6.33 Å². The molecule has 0 radical (unpaired) electrons. The Hall–Kier alpha value is -1.88. The number of carbonyl (C=O) groups is 1. The highest BCUT2D eigenvalue weighted by Gasteiger charge is 2.23. The van der Waals surface area contributed by atoms with Crippen LogP contribution in [0.15, 0.2) is 24.5 Å². The van der Waals surface area contributed by atoms with E-state index in [1.807, 2.05) is 18.2 Å². The van der Waals surface area contributed by atoms with E-state index in [2.05, 4.69) is 14.9 Å². The van der Waals surface area contributed by atoms with Gasteiger partial charge in [0.2, 0.25) is 5.91 Å². The normalized spacial score (nSPS) is 18.9. The second-order valence-corrected chi connectivity index (χ2v) is 5.92. The number of nitrogens with zero attached hydrogens (tertiary/aromatic N) is 3. The Morgan fingerprint density at radius 3 is 3.10 bits per heavy atom. The number of carbonyl (C=O) groups excluding carboxylic acids is 1. The van der Waals surface area contributed by atoms with Crippen LogP contribution in [0.2, 0.25) is 5.02 Å². The van der Waals surface area contributed by atoms with E-state index in [-0.39, 0.29) is 5.91 Å². The number of hydrogen-bond donors (Lipinski definition) is 1. The molecule has 0 spiro atoms. The predicted octanol–water partition coefficient (Wildman–Crippen LogP) is 2.38. The van der Waals surface area contributed by atoms with E-state index in [0.717, 1.165) is 42.7 Å². The number of benzene rings is 1. The number of primary amides is 1. The average molecular weight is 305 g/mol. The van der Waals surface area contributed by atoms with Crippen LogP contribution < -0.4 is 10.6 Å². The summed E-state index contributed by atoms with van der Waals surface area (Å²) < 4.78 is 0. The molecular weight excluding hydrogens is 288 g/mol. The van der Waals surface area contributed by atoms with Crippen molar-refractivity contribution < 1.29 is 4.79 Å². The Kier molecular flexibility index (Phi) is 3.92. The third-order valence-electron chi connectivity index (χ3n) is 3.89. The van der Waals surface area contributed by atoms with Gasteiger partial charge in [-0.05, 0) is 37.0 Å². The number of nitrogens with two attached hydrogens (primary N) is 1. The van der Waals surface area contributed by atoms with Gasteiger partial charge in [-0.15, -0.1) is 0 Å². The van der Waals surface area contributed by atoms with Crippen molar-refractivity contribution in [1.82, 2.24) is 9.97 Å². The Bertz CT molecular complexity index is 676. The van der Waals surface area contributed by atoms with Gasteiger partial charge in [0.05, 0.1) is 5.52 Å². The molecule has 5 nitrogen and oxygen atoms in total. The first-order chi connectivity index (χ1) is 10.1. The molecule has 2 heterocycles. The van der Waals surface area contributed by atoms with Crippen LogP contribution in [0.3, 0.4) is 0 Å². The lowest BCUT2D eigenvalue weighted by molar-refractivity contribution is -0.118. The minimum atomic E-state index is -0.235. The zero-order chi connectivity index (χ0) is 14.8. The van der Waals surface area contributed by atoms with Gasteiger partial charge < -0.3 is 10.6 Å². The number of aromatic nitrogens is 2. The molecule has 1 aromatic carbocycles. The van der Waals surface area contributed by atoms with E-state index in [9.17, 15) is 4.79 Å². The third-order valence-corrected chi connectivity index (χ3v) is 4.12. The lowest BCUT2D eigenvalue weighted by Gasteiger charge is -2.33. The lowest BCUT2D eigenvalue weighted by atomic mass is 9.94. The minimum Gasteiger partial charge on any atom is -0.370 e. The summed E-state index contributed by atoms with van der Waals surface area (Å²) in [6, 6.07) is 5.64. The fraction of sp³-hybridized carbons (Fsp3) is 0.400. The van der Waals surface area contributed by atoms with Gasteiger partial charge in [0.25, 0.3) is 0 Å². The summed E-state index contributed by atoms with van der Waals surface area (Å²) in [4.78, 5) is 22.0. The molecule has 1 aliphatic heterocycles. The third kappa shape index (κ3) is 3.08. The smallest absolute Gasteiger partial charge is 0.217 e. The van der Waals surface area contributed by atoms with Crippen molar-refractivity contribution in [2.24, 2.45) is 11.7 Å². The van der Waals surface area contributed by atoms with Gasteiger partial charge in [0.1, 0.15) is 12.1 Å². The molecule has 1 amide bonds. The number of amides is 1. The molecule has 2 aromatic rings. The number of fused-ring (bicyclic) bond motifs is 1. The quantitative estimate of drug-likeness (QED) is 0.945. The summed E-state index contributed by atoms with van der Waals surface area (Å²) in [6.45, 7) is 1.74. The Balaban J connectivity index is 1.91. The van der Waals surface area contributed by atoms with E-state index >= 15 is 0 Å². The van der Waals surface area contributed by atoms with Gasteiger partial charge in [-0.3, -0.25) is 4.79 Å². The SMILES string of the molecule is NC(=O)CC1CCCN(c2ncnc3cc(Cl)ccc23)C1. The van der Waals surface area contributed by atoms with E-state index in [1.165, 1.54) is 0 Å². The summed E-state index contributed by atoms with van der Waals surface area (Å²) in [7, 11) is 0. The van der Waals surface area contributed by atoms with E-state index in [4.69, 9.17) is 17.3 Å². The highest BCUT2D eigenvalue weighted by atomic mass is 35.5. The highest BCUT2D eigenvalue weighted by molar-refractivity contribution is 6.31. The summed E-state index contributed by atoms with van der Waals surface area (Å²) >= 11 is 6.01. The van der Waals surface area contributed by atoms with Crippen molar-refractivity contribution in [3.8, 4) is 0 Å². The van der Waals surface area contributed by atoms with Crippen LogP contribution in [0.1, 0.15) is 19.3 Å². The molecule has 1 atom stereocenters. The first-order valence-electron chi connectivity index (χ1n) is 7.07. The molecule has 3 rings (SSSR count). The van der Waals surface area contributed by atoms with Crippen molar-refractivity contribution in [1.29, 1.82) is 0 Å². The molecule has 1 fully saturated rings. The van der Waals surface area contributed by atoms with Crippen molar-refractivity contribution >= 4 is 34.2 Å². The maximum absolute atomic E-state index is 11.1. The maximum atomic E-state index is 11.1. The molecule has 1 saturated heterocycles. The monoisotopic (exact) mass is 304 g/mol. The number of hydrogen-bond acceptors (Lipinski definition) is 4. The van der Waals surface area contributed by atoms with Crippen LogP contribution in [0.4, 0.5) is 5.82 Å². The zero-order valence-electron chi connectivity index (χ0n) is 11.6. The number of rotatable bonds is 3. The average Bonchev–Trinajstić information content (AvgIpc) is 2.46. The fourth-order valence-corrected chi connectivity index (χ4v) is 3.14. The number of piperidine rings is 1. The second-order valence-electron chi connectivity index (χ2n) is 5.48. The fourth-order valence-electron chi connectivity index (χ4n) is 2.98. The van der Waals surface area contributed by atoms with E-state index < -0.39 is 0 Å². The molecular formula is C15H17ClN4O. The van der Waals surface area contributed by atoms with Crippen molar-refractivity contribution in [3.63, 3.8) is 0 Å². The van der Waals surface area contributed by atoms with Crippen molar-refractivity contribution in [2.75, 3.05) is 18.0 Å². The molecule has 0 bridgehead atoms. The Labute approximate surface area is 128 Å². The number of halogens is 1. The minimum absolute atomic E-state index is 0.235. The van der Waals surface area contributed by atoms with Gasteiger partial charge in [-0.1, -0.05) is 11.6 Å². The molecule has 110 valence electrons. The van der Waals surface area contributed by atoms with Crippen LogP contribution in [-0.2, 0) is 4.79 Å². The van der Waals surface area contributed by atoms with Gasteiger partial charge >= 0.3 is 0 Å². The van der Waals surface area contributed by atoms with Crippen LogP contribution in [0.5, 0.6) is 0 Å². The molecule has 1 unspecified atom stereocenters. The molecule has 0 saturated carbocycles. The van der Waals surface area contributed by atoms with Crippen molar-refractivity contribution in [3.05, 3.63) is 29.5 Å². The Morgan fingerprint density at radius 2 is 2.29 bits per heavy atom. The molecule has 6 heteroatoms. The standard InChI is InChI=1S/C15H17ClN4O/c16-11-3-4-12-13(7-11)18-9-19-15(12)20-5-1-2-10(8-20)6-14(17)21/h3-4,7,9-10H,1-2,5-6,8H2,(H2,17,21). The topological polar surface area (TPSA) is 72.1 Å². The molecule has 2 N–H and O–H groups in total. The summed E-state index contributed by atoms with van der Waals surface area (Å²) in [5.41, 5.74) is 6.15.